The summed E-state index contributed by atoms with van der Waals surface area (Å²) < 4.78 is 6.21. The van der Waals surface area contributed by atoms with Crippen LogP contribution in [0.1, 0.15) is 37.8 Å². The van der Waals surface area contributed by atoms with E-state index in [0.29, 0.717) is 6.54 Å². The molecule has 18 heavy (non-hydrogen) atoms. The zero-order valence-electron chi connectivity index (χ0n) is 10.9. The minimum absolute atomic E-state index is 0.204. The van der Waals surface area contributed by atoms with Crippen molar-refractivity contribution in [1.29, 1.82) is 0 Å². The van der Waals surface area contributed by atoms with Crippen molar-refractivity contribution in [3.05, 3.63) is 28.2 Å². The molecule has 1 aliphatic rings. The van der Waals surface area contributed by atoms with Crippen molar-refractivity contribution in [3.8, 4) is 5.75 Å². The van der Waals surface area contributed by atoms with E-state index in [1.807, 2.05) is 18.2 Å². The van der Waals surface area contributed by atoms with Gasteiger partial charge in [-0.2, -0.15) is 0 Å². The summed E-state index contributed by atoms with van der Waals surface area (Å²) in [6.45, 7) is 2.77. The van der Waals surface area contributed by atoms with Gasteiger partial charge in [-0.3, -0.25) is 0 Å². The highest BCUT2D eigenvalue weighted by molar-refractivity contribution is 9.10. The summed E-state index contributed by atoms with van der Waals surface area (Å²) in [5.41, 5.74) is 0.700. The van der Waals surface area contributed by atoms with Crippen molar-refractivity contribution in [2.75, 3.05) is 13.7 Å². The Balaban J connectivity index is 1.97. The fourth-order valence-electron chi connectivity index (χ4n) is 2.20. The third kappa shape index (κ3) is 3.05. The molecule has 0 amide bonds. The molecule has 0 aliphatic heterocycles. The molecule has 1 saturated carbocycles. The first-order chi connectivity index (χ1) is 8.54. The highest BCUT2D eigenvalue weighted by Gasteiger charge is 2.34. The zero-order valence-corrected chi connectivity index (χ0v) is 12.5. The number of aliphatic hydroxyl groups is 1. The first kappa shape index (κ1) is 13.8. The van der Waals surface area contributed by atoms with Gasteiger partial charge in [0.25, 0.3) is 0 Å². The lowest BCUT2D eigenvalue weighted by molar-refractivity contribution is -0.0329. The lowest BCUT2D eigenvalue weighted by atomic mass is 9.80. The molecule has 3 nitrogen and oxygen atoms in total. The van der Waals surface area contributed by atoms with Gasteiger partial charge < -0.3 is 15.2 Å². The van der Waals surface area contributed by atoms with Gasteiger partial charge in [-0.05, 0) is 43.9 Å². The number of hydrogen-bond acceptors (Lipinski definition) is 3. The Bertz CT molecular complexity index is 418. The van der Waals surface area contributed by atoms with E-state index in [-0.39, 0.29) is 6.04 Å². The highest BCUT2D eigenvalue weighted by Crippen LogP contribution is 2.32. The molecule has 2 rings (SSSR count). The van der Waals surface area contributed by atoms with Crippen LogP contribution in [0.3, 0.4) is 0 Å². The second-order valence-corrected chi connectivity index (χ2v) is 5.92. The molecule has 0 aromatic heterocycles. The van der Waals surface area contributed by atoms with Gasteiger partial charge in [0.1, 0.15) is 5.75 Å². The Morgan fingerprint density at radius 2 is 2.22 bits per heavy atom. The highest BCUT2D eigenvalue weighted by atomic mass is 79.9. The molecule has 1 aliphatic carbocycles. The molecule has 4 heteroatoms. The normalized spacial score (nSPS) is 19.1. The first-order valence-corrected chi connectivity index (χ1v) is 7.12. The van der Waals surface area contributed by atoms with E-state index in [1.165, 1.54) is 5.56 Å². The van der Waals surface area contributed by atoms with E-state index < -0.39 is 5.60 Å². The largest absolute Gasteiger partial charge is 0.497 e. The fraction of sp³-hybridized carbons (Fsp3) is 0.571. The van der Waals surface area contributed by atoms with Gasteiger partial charge in [-0.15, -0.1) is 0 Å². The lowest BCUT2D eigenvalue weighted by Gasteiger charge is -2.37. The topological polar surface area (TPSA) is 41.5 Å². The van der Waals surface area contributed by atoms with E-state index >= 15 is 0 Å². The van der Waals surface area contributed by atoms with Crippen LogP contribution in [0.2, 0.25) is 0 Å². The Morgan fingerprint density at radius 3 is 2.72 bits per heavy atom. The second kappa shape index (κ2) is 5.59. The van der Waals surface area contributed by atoms with Crippen LogP contribution < -0.4 is 10.1 Å². The smallest absolute Gasteiger partial charge is 0.120 e. The number of benzene rings is 1. The Morgan fingerprint density at radius 1 is 1.50 bits per heavy atom. The maximum atomic E-state index is 10.1. The molecule has 100 valence electrons. The Labute approximate surface area is 117 Å². The summed E-state index contributed by atoms with van der Waals surface area (Å²) >= 11 is 3.56. The summed E-state index contributed by atoms with van der Waals surface area (Å²) in [6, 6.07) is 6.17. The van der Waals surface area contributed by atoms with Crippen molar-refractivity contribution in [2.24, 2.45) is 0 Å². The van der Waals surface area contributed by atoms with Gasteiger partial charge >= 0.3 is 0 Å². The van der Waals surface area contributed by atoms with Gasteiger partial charge in [-0.1, -0.05) is 22.0 Å². The monoisotopic (exact) mass is 313 g/mol. The van der Waals surface area contributed by atoms with Gasteiger partial charge in [0.15, 0.2) is 0 Å². The number of halogens is 1. The zero-order chi connectivity index (χ0) is 13.2. The number of hydrogen-bond donors (Lipinski definition) is 2. The number of ether oxygens (including phenoxy) is 1. The summed E-state index contributed by atoms with van der Waals surface area (Å²) in [7, 11) is 1.66. The number of methoxy groups -OCH3 is 1. The van der Waals surface area contributed by atoms with Crippen molar-refractivity contribution in [2.45, 2.75) is 37.8 Å². The number of rotatable bonds is 5. The Hall–Kier alpha value is -0.580. The van der Waals surface area contributed by atoms with Crippen LogP contribution in [0.4, 0.5) is 0 Å². The molecule has 0 saturated heterocycles. The van der Waals surface area contributed by atoms with Crippen molar-refractivity contribution in [3.63, 3.8) is 0 Å². The SMILES string of the molecule is COc1ccc(C(C)NCC2(O)CCC2)c(Br)c1. The van der Waals surface area contributed by atoms with Gasteiger partial charge in [0, 0.05) is 17.1 Å². The van der Waals surface area contributed by atoms with Crippen LogP contribution in [-0.4, -0.2) is 24.4 Å². The Kier molecular flexibility index (Phi) is 4.30. The molecular weight excluding hydrogens is 294 g/mol. The van der Waals surface area contributed by atoms with Crippen LogP contribution in [-0.2, 0) is 0 Å². The standard InChI is InChI=1S/C14H20BrNO2/c1-10(16-9-14(17)6-3-7-14)12-5-4-11(18-2)8-13(12)15/h4-5,8,10,16-17H,3,6-7,9H2,1-2H3. The molecule has 1 aromatic rings. The maximum absolute atomic E-state index is 10.1. The van der Waals surface area contributed by atoms with Crippen LogP contribution in [0.25, 0.3) is 0 Å². The van der Waals surface area contributed by atoms with Crippen LogP contribution >= 0.6 is 15.9 Å². The fourth-order valence-corrected chi connectivity index (χ4v) is 2.90. The van der Waals surface area contributed by atoms with Gasteiger partial charge in [0.2, 0.25) is 0 Å². The number of nitrogens with one attached hydrogen (secondary N) is 1. The van der Waals surface area contributed by atoms with Crippen LogP contribution in [0.5, 0.6) is 5.75 Å². The third-order valence-electron chi connectivity index (χ3n) is 3.70. The maximum Gasteiger partial charge on any atom is 0.120 e. The van der Waals surface area contributed by atoms with E-state index in [9.17, 15) is 5.11 Å². The predicted molar refractivity (Wildman–Crippen MR) is 75.9 cm³/mol. The third-order valence-corrected chi connectivity index (χ3v) is 4.38. The molecule has 1 aromatic carbocycles. The summed E-state index contributed by atoms with van der Waals surface area (Å²) in [5, 5.41) is 13.5. The van der Waals surface area contributed by atoms with Crippen molar-refractivity contribution in [1.82, 2.24) is 5.32 Å². The lowest BCUT2D eigenvalue weighted by Crippen LogP contribution is -2.46. The minimum atomic E-state index is -0.479. The average Bonchev–Trinajstić information content (AvgIpc) is 2.33. The summed E-state index contributed by atoms with van der Waals surface area (Å²) in [6.07, 6.45) is 2.96. The van der Waals surface area contributed by atoms with Crippen molar-refractivity contribution < 1.29 is 9.84 Å². The van der Waals surface area contributed by atoms with Gasteiger partial charge in [-0.25, -0.2) is 0 Å². The molecule has 0 bridgehead atoms. The quantitative estimate of drug-likeness (QED) is 0.878. The molecule has 0 spiro atoms. The molecule has 1 unspecified atom stereocenters. The van der Waals surface area contributed by atoms with Gasteiger partial charge in [0.05, 0.1) is 12.7 Å². The molecular formula is C14H20BrNO2. The molecule has 0 heterocycles. The first-order valence-electron chi connectivity index (χ1n) is 6.33. The average molecular weight is 314 g/mol. The summed E-state index contributed by atoms with van der Waals surface area (Å²) in [4.78, 5) is 0. The molecule has 1 fully saturated rings. The molecule has 0 radical (unpaired) electrons. The van der Waals surface area contributed by atoms with Crippen LogP contribution in [0.15, 0.2) is 22.7 Å². The second-order valence-electron chi connectivity index (χ2n) is 5.07. The predicted octanol–water partition coefficient (Wildman–Crippen LogP) is 3.02. The summed E-state index contributed by atoms with van der Waals surface area (Å²) in [5.74, 6) is 0.843. The van der Waals surface area contributed by atoms with E-state index in [0.717, 1.165) is 29.5 Å². The van der Waals surface area contributed by atoms with Crippen LogP contribution in [0, 0.1) is 0 Å². The molecule has 2 N–H and O–H groups in total. The van der Waals surface area contributed by atoms with Crippen molar-refractivity contribution >= 4 is 15.9 Å². The molecule has 1 atom stereocenters. The van der Waals surface area contributed by atoms with E-state index in [4.69, 9.17) is 4.74 Å². The van der Waals surface area contributed by atoms with E-state index in [1.54, 1.807) is 7.11 Å². The minimum Gasteiger partial charge on any atom is -0.497 e. The van der Waals surface area contributed by atoms with E-state index in [2.05, 4.69) is 28.2 Å².